The Morgan fingerprint density at radius 3 is 2.43 bits per heavy atom. The molecule has 1 aromatic carbocycles. The van der Waals surface area contributed by atoms with Gasteiger partial charge in [-0.3, -0.25) is 0 Å². The van der Waals surface area contributed by atoms with Gasteiger partial charge in [0.1, 0.15) is 0 Å². The van der Waals surface area contributed by atoms with E-state index in [0.717, 1.165) is 16.7 Å². The predicted molar refractivity (Wildman–Crippen MR) is 91.8 cm³/mol. The first-order valence-electron chi connectivity index (χ1n) is 7.71. The smallest absolute Gasteiger partial charge is 0.276 e. The van der Waals surface area contributed by atoms with E-state index in [9.17, 15) is 5.11 Å². The molecule has 0 saturated carbocycles. The molecule has 0 radical (unpaired) electrons. The highest BCUT2D eigenvalue weighted by molar-refractivity contribution is 7.99. The minimum atomic E-state index is -0.555. The summed E-state index contributed by atoms with van der Waals surface area (Å²) in [6.07, 6.45) is -0.447. The van der Waals surface area contributed by atoms with Gasteiger partial charge in [-0.1, -0.05) is 29.5 Å². The largest absolute Gasteiger partial charge is 0.411 e. The average molecular weight is 336 g/mol. The van der Waals surface area contributed by atoms with Crippen molar-refractivity contribution in [1.29, 1.82) is 0 Å². The third kappa shape index (κ3) is 5.06. The minimum Gasteiger partial charge on any atom is -0.411 e. The summed E-state index contributed by atoms with van der Waals surface area (Å²) in [6, 6.07) is 4.21. The van der Waals surface area contributed by atoms with Gasteiger partial charge in [-0.25, -0.2) is 0 Å². The lowest BCUT2D eigenvalue weighted by atomic mass is 10.00. The lowest BCUT2D eigenvalue weighted by Gasteiger charge is -2.11. The number of thioether (sulfide) groups is 1. The SMILES string of the molecule is Cc1cc(C)c(-c2nnc(SCC(O)COC(C)C)o2)c(C)c1. The van der Waals surface area contributed by atoms with Crippen molar-refractivity contribution in [1.82, 2.24) is 10.2 Å². The average Bonchev–Trinajstić information content (AvgIpc) is 2.90. The number of benzene rings is 1. The summed E-state index contributed by atoms with van der Waals surface area (Å²) in [5.74, 6) is 0.982. The van der Waals surface area contributed by atoms with E-state index in [0.29, 0.717) is 23.5 Å². The number of rotatable bonds is 7. The van der Waals surface area contributed by atoms with Crippen LogP contribution < -0.4 is 0 Å². The van der Waals surface area contributed by atoms with E-state index >= 15 is 0 Å². The Balaban J connectivity index is 2.01. The summed E-state index contributed by atoms with van der Waals surface area (Å²) in [5.41, 5.74) is 4.44. The van der Waals surface area contributed by atoms with E-state index in [-0.39, 0.29) is 6.10 Å². The molecule has 1 atom stereocenters. The van der Waals surface area contributed by atoms with E-state index in [4.69, 9.17) is 9.15 Å². The number of aryl methyl sites for hydroxylation is 3. The summed E-state index contributed by atoms with van der Waals surface area (Å²) in [4.78, 5) is 0. The van der Waals surface area contributed by atoms with Crippen LogP contribution in [0.1, 0.15) is 30.5 Å². The van der Waals surface area contributed by atoms with Crippen LogP contribution in [0, 0.1) is 20.8 Å². The quantitative estimate of drug-likeness (QED) is 0.780. The molecule has 1 heterocycles. The first-order valence-corrected chi connectivity index (χ1v) is 8.69. The van der Waals surface area contributed by atoms with Gasteiger partial charge in [0.05, 0.1) is 18.8 Å². The van der Waals surface area contributed by atoms with Crippen LogP contribution >= 0.6 is 11.8 Å². The number of hydrogen-bond acceptors (Lipinski definition) is 6. The van der Waals surface area contributed by atoms with Crippen LogP contribution in [-0.4, -0.2) is 39.9 Å². The lowest BCUT2D eigenvalue weighted by Crippen LogP contribution is -2.20. The Kier molecular flexibility index (Phi) is 6.21. The molecule has 0 spiro atoms. The Morgan fingerprint density at radius 1 is 1.17 bits per heavy atom. The summed E-state index contributed by atoms with van der Waals surface area (Å²) in [6.45, 7) is 10.3. The van der Waals surface area contributed by atoms with E-state index < -0.39 is 6.10 Å². The Morgan fingerprint density at radius 2 is 1.83 bits per heavy atom. The van der Waals surface area contributed by atoms with Gasteiger partial charge in [0.25, 0.3) is 5.22 Å². The lowest BCUT2D eigenvalue weighted by molar-refractivity contribution is 0.0152. The zero-order valence-electron chi connectivity index (χ0n) is 14.3. The Labute approximate surface area is 141 Å². The van der Waals surface area contributed by atoms with Crippen molar-refractivity contribution in [3.05, 3.63) is 28.8 Å². The van der Waals surface area contributed by atoms with Crippen molar-refractivity contribution >= 4 is 11.8 Å². The van der Waals surface area contributed by atoms with E-state index in [2.05, 4.69) is 29.3 Å². The zero-order chi connectivity index (χ0) is 17.0. The Hall–Kier alpha value is -1.37. The molecule has 0 aliphatic rings. The van der Waals surface area contributed by atoms with Crippen molar-refractivity contribution in [3.63, 3.8) is 0 Å². The molecule has 6 heteroatoms. The molecule has 1 aromatic heterocycles. The number of nitrogens with zero attached hydrogens (tertiary/aromatic N) is 2. The molecule has 0 aliphatic carbocycles. The van der Waals surface area contributed by atoms with Crippen LogP contribution in [0.3, 0.4) is 0 Å². The van der Waals surface area contributed by atoms with E-state index in [1.54, 1.807) is 0 Å². The Bertz CT molecular complexity index is 632. The molecule has 1 N–H and O–H groups in total. The van der Waals surface area contributed by atoms with Gasteiger partial charge in [-0.05, 0) is 45.7 Å². The van der Waals surface area contributed by atoms with Crippen molar-refractivity contribution in [2.75, 3.05) is 12.4 Å². The molecular formula is C17H24N2O3S. The number of hydrogen-bond donors (Lipinski definition) is 1. The molecule has 2 rings (SSSR count). The molecule has 1 unspecified atom stereocenters. The van der Waals surface area contributed by atoms with E-state index in [1.165, 1.54) is 17.3 Å². The molecule has 5 nitrogen and oxygen atoms in total. The second-order valence-electron chi connectivity index (χ2n) is 5.99. The van der Waals surface area contributed by atoms with Crippen molar-refractivity contribution in [3.8, 4) is 11.5 Å². The highest BCUT2D eigenvalue weighted by Crippen LogP contribution is 2.29. The van der Waals surface area contributed by atoms with Gasteiger partial charge in [-0.15, -0.1) is 10.2 Å². The fraction of sp³-hybridized carbons (Fsp3) is 0.529. The molecule has 0 fully saturated rings. The third-order valence-electron chi connectivity index (χ3n) is 3.32. The standard InChI is InChI=1S/C17H24N2O3S/c1-10(2)21-8-14(20)9-23-17-19-18-16(22-17)15-12(4)6-11(3)7-13(15)5/h6-7,10,14,20H,8-9H2,1-5H3. The molecule has 0 bridgehead atoms. The highest BCUT2D eigenvalue weighted by Gasteiger charge is 2.15. The monoisotopic (exact) mass is 336 g/mol. The fourth-order valence-electron chi connectivity index (χ4n) is 2.41. The first kappa shape index (κ1) is 18.0. The summed E-state index contributed by atoms with van der Waals surface area (Å²) in [5, 5.41) is 18.5. The molecule has 0 saturated heterocycles. The topological polar surface area (TPSA) is 68.4 Å². The number of ether oxygens (including phenoxy) is 1. The van der Waals surface area contributed by atoms with Crippen LogP contribution in [0.4, 0.5) is 0 Å². The van der Waals surface area contributed by atoms with Gasteiger partial charge in [0.15, 0.2) is 0 Å². The molecular weight excluding hydrogens is 312 g/mol. The van der Waals surface area contributed by atoms with Gasteiger partial charge < -0.3 is 14.3 Å². The van der Waals surface area contributed by atoms with Crippen LogP contribution in [0.5, 0.6) is 0 Å². The molecule has 126 valence electrons. The second kappa shape index (κ2) is 7.95. The zero-order valence-corrected chi connectivity index (χ0v) is 15.1. The molecule has 2 aromatic rings. The number of aliphatic hydroxyl groups excluding tert-OH is 1. The van der Waals surface area contributed by atoms with Crippen molar-refractivity contribution in [2.45, 2.75) is 52.0 Å². The van der Waals surface area contributed by atoms with Crippen LogP contribution in [0.25, 0.3) is 11.5 Å². The summed E-state index contributed by atoms with van der Waals surface area (Å²) >= 11 is 1.34. The van der Waals surface area contributed by atoms with Crippen molar-refractivity contribution in [2.24, 2.45) is 0 Å². The van der Waals surface area contributed by atoms with Crippen LogP contribution in [0.2, 0.25) is 0 Å². The molecule has 23 heavy (non-hydrogen) atoms. The van der Waals surface area contributed by atoms with Gasteiger partial charge in [0.2, 0.25) is 5.89 Å². The third-order valence-corrected chi connectivity index (χ3v) is 4.28. The predicted octanol–water partition coefficient (Wildman–Crippen LogP) is 3.54. The summed E-state index contributed by atoms with van der Waals surface area (Å²) in [7, 11) is 0. The second-order valence-corrected chi connectivity index (χ2v) is 6.97. The fourth-order valence-corrected chi connectivity index (χ4v) is 3.07. The van der Waals surface area contributed by atoms with Crippen LogP contribution in [-0.2, 0) is 4.74 Å². The number of aromatic nitrogens is 2. The molecule has 0 aliphatic heterocycles. The highest BCUT2D eigenvalue weighted by atomic mass is 32.2. The van der Waals surface area contributed by atoms with Gasteiger partial charge >= 0.3 is 0 Å². The minimum absolute atomic E-state index is 0.108. The van der Waals surface area contributed by atoms with Crippen LogP contribution in [0.15, 0.2) is 21.8 Å². The summed E-state index contributed by atoms with van der Waals surface area (Å²) < 4.78 is 11.1. The maximum Gasteiger partial charge on any atom is 0.276 e. The molecule has 0 amide bonds. The first-order chi connectivity index (χ1) is 10.9. The maximum atomic E-state index is 9.87. The van der Waals surface area contributed by atoms with Crippen molar-refractivity contribution < 1.29 is 14.3 Å². The normalized spacial score (nSPS) is 12.8. The van der Waals surface area contributed by atoms with E-state index in [1.807, 2.05) is 27.7 Å². The van der Waals surface area contributed by atoms with Gasteiger partial charge in [-0.2, -0.15) is 0 Å². The van der Waals surface area contributed by atoms with Gasteiger partial charge in [0, 0.05) is 11.3 Å². The maximum absolute atomic E-state index is 9.87. The number of aliphatic hydroxyl groups is 1.